The van der Waals surface area contributed by atoms with Crippen molar-refractivity contribution < 1.29 is 8.78 Å². The van der Waals surface area contributed by atoms with Crippen LogP contribution in [0.5, 0.6) is 0 Å². The van der Waals surface area contributed by atoms with Crippen LogP contribution in [0.1, 0.15) is 13.8 Å². The summed E-state index contributed by atoms with van der Waals surface area (Å²) < 4.78 is 23.5. The van der Waals surface area contributed by atoms with Gasteiger partial charge < -0.3 is 5.73 Å². The maximum absolute atomic E-state index is 11.7. The van der Waals surface area contributed by atoms with Crippen LogP contribution in [0.15, 0.2) is 0 Å². The molecule has 0 saturated heterocycles. The minimum Gasteiger partial charge on any atom is -0.330 e. The molecule has 0 heterocycles. The first-order chi connectivity index (χ1) is 3.50. The third-order valence-electron chi connectivity index (χ3n) is 1.12. The number of hydrogen-bond donors (Lipinski definition) is 1. The molecule has 3 heteroatoms. The molecule has 0 saturated carbocycles. The molecule has 0 aromatic carbocycles. The lowest BCUT2D eigenvalue weighted by atomic mass is 9.95. The molecular weight excluding hydrogens is 112 g/mol. The molecule has 0 atom stereocenters. The lowest BCUT2D eigenvalue weighted by molar-refractivity contribution is 0.0258. The maximum Gasteiger partial charge on any atom is 0.244 e. The summed E-state index contributed by atoms with van der Waals surface area (Å²) in [5, 5.41) is 0. The second-order valence-electron chi connectivity index (χ2n) is 2.49. The number of halogens is 2. The lowest BCUT2D eigenvalue weighted by Gasteiger charge is -2.19. The van der Waals surface area contributed by atoms with Gasteiger partial charge in [-0.15, -0.1) is 0 Å². The molecule has 50 valence electrons. The minimum atomic E-state index is -2.31. The highest BCUT2D eigenvalue weighted by atomic mass is 19.3. The van der Waals surface area contributed by atoms with Gasteiger partial charge >= 0.3 is 0 Å². The molecule has 0 amide bonds. The number of nitrogens with two attached hydrogens (primary N) is 1. The second kappa shape index (κ2) is 2.40. The van der Waals surface area contributed by atoms with Crippen molar-refractivity contribution in [3.63, 3.8) is 0 Å². The van der Waals surface area contributed by atoms with E-state index in [0.717, 1.165) is 0 Å². The molecule has 0 aliphatic heterocycles. The summed E-state index contributed by atoms with van der Waals surface area (Å²) in [6.07, 6.45) is -2.31. The molecule has 8 heavy (non-hydrogen) atoms. The quantitative estimate of drug-likeness (QED) is 0.587. The summed E-state index contributed by atoms with van der Waals surface area (Å²) in [7, 11) is 0. The van der Waals surface area contributed by atoms with Crippen LogP contribution < -0.4 is 5.73 Å². The van der Waals surface area contributed by atoms with Gasteiger partial charge in [-0.2, -0.15) is 0 Å². The van der Waals surface area contributed by atoms with E-state index in [0.29, 0.717) is 0 Å². The van der Waals surface area contributed by atoms with E-state index in [9.17, 15) is 8.78 Å². The number of alkyl halides is 2. The Hall–Kier alpha value is -0.180. The van der Waals surface area contributed by atoms with Crippen LogP contribution in [0.25, 0.3) is 0 Å². The van der Waals surface area contributed by atoms with Gasteiger partial charge in [0.05, 0.1) is 0 Å². The smallest absolute Gasteiger partial charge is 0.244 e. The van der Waals surface area contributed by atoms with Gasteiger partial charge in [-0.1, -0.05) is 13.8 Å². The first-order valence-corrected chi connectivity index (χ1v) is 2.49. The van der Waals surface area contributed by atoms with E-state index in [1.165, 1.54) is 13.8 Å². The topological polar surface area (TPSA) is 26.0 Å². The van der Waals surface area contributed by atoms with Gasteiger partial charge in [0.25, 0.3) is 0 Å². The molecule has 1 nitrogen and oxygen atoms in total. The fourth-order valence-electron chi connectivity index (χ4n) is 0.0891. The first-order valence-electron chi connectivity index (χ1n) is 2.49. The average molecular weight is 123 g/mol. The van der Waals surface area contributed by atoms with E-state index < -0.39 is 11.8 Å². The van der Waals surface area contributed by atoms with Crippen LogP contribution in [0, 0.1) is 5.41 Å². The Balaban J connectivity index is 3.71. The van der Waals surface area contributed by atoms with Gasteiger partial charge in [0.2, 0.25) is 6.43 Å². The highest BCUT2D eigenvalue weighted by Gasteiger charge is 2.27. The summed E-state index contributed by atoms with van der Waals surface area (Å²) in [4.78, 5) is 0. The van der Waals surface area contributed by atoms with Gasteiger partial charge in [0.15, 0.2) is 0 Å². The van der Waals surface area contributed by atoms with Crippen molar-refractivity contribution in [2.75, 3.05) is 6.54 Å². The predicted octanol–water partition coefficient (Wildman–Crippen LogP) is 1.24. The van der Waals surface area contributed by atoms with E-state index >= 15 is 0 Å². The Morgan fingerprint density at radius 1 is 1.50 bits per heavy atom. The molecule has 0 aliphatic rings. The van der Waals surface area contributed by atoms with Gasteiger partial charge in [-0.05, 0) is 0 Å². The standard InChI is InChI=1S/C5H11F2N/c1-5(2,3-8)4(6)7/h4H,3,8H2,1-2H3. The van der Waals surface area contributed by atoms with E-state index in [1.807, 2.05) is 0 Å². The zero-order valence-electron chi connectivity index (χ0n) is 5.12. The largest absolute Gasteiger partial charge is 0.330 e. The van der Waals surface area contributed by atoms with Crippen molar-refractivity contribution in [1.82, 2.24) is 0 Å². The van der Waals surface area contributed by atoms with Gasteiger partial charge in [-0.25, -0.2) is 8.78 Å². The number of rotatable bonds is 2. The SMILES string of the molecule is CC(C)(CN)C(F)F. The van der Waals surface area contributed by atoms with Crippen LogP contribution in [-0.4, -0.2) is 13.0 Å². The third kappa shape index (κ3) is 1.74. The summed E-state index contributed by atoms with van der Waals surface area (Å²) in [5.41, 5.74) is 4.01. The Morgan fingerprint density at radius 3 is 1.88 bits per heavy atom. The van der Waals surface area contributed by atoms with E-state index in [-0.39, 0.29) is 6.54 Å². The van der Waals surface area contributed by atoms with Crippen LogP contribution in [0.4, 0.5) is 8.78 Å². The Bertz CT molecular complexity index is 70.8. The highest BCUT2D eigenvalue weighted by Crippen LogP contribution is 2.21. The summed E-state index contributed by atoms with van der Waals surface area (Å²) in [5.74, 6) is 0. The van der Waals surface area contributed by atoms with Crippen molar-refractivity contribution in [2.45, 2.75) is 20.3 Å². The van der Waals surface area contributed by atoms with Crippen LogP contribution in [0.2, 0.25) is 0 Å². The van der Waals surface area contributed by atoms with Crippen molar-refractivity contribution in [1.29, 1.82) is 0 Å². The molecule has 0 radical (unpaired) electrons. The predicted molar refractivity (Wildman–Crippen MR) is 28.8 cm³/mol. The zero-order chi connectivity index (χ0) is 6.78. The summed E-state index contributed by atoms with van der Waals surface area (Å²) in [6.45, 7) is 2.92. The van der Waals surface area contributed by atoms with Crippen LogP contribution in [0.3, 0.4) is 0 Å². The molecule has 0 fully saturated rings. The molecule has 0 aliphatic carbocycles. The van der Waals surface area contributed by atoms with Crippen molar-refractivity contribution in [3.8, 4) is 0 Å². The Labute approximate surface area is 47.9 Å². The van der Waals surface area contributed by atoms with Crippen LogP contribution in [-0.2, 0) is 0 Å². The van der Waals surface area contributed by atoms with Gasteiger partial charge in [-0.3, -0.25) is 0 Å². The fourth-order valence-corrected chi connectivity index (χ4v) is 0.0891. The normalized spacial score (nSPS) is 12.8. The molecule has 0 bridgehead atoms. The first kappa shape index (κ1) is 7.82. The zero-order valence-corrected chi connectivity index (χ0v) is 5.12. The Morgan fingerprint density at radius 2 is 1.88 bits per heavy atom. The van der Waals surface area contributed by atoms with E-state index in [4.69, 9.17) is 5.73 Å². The van der Waals surface area contributed by atoms with Gasteiger partial charge in [0, 0.05) is 12.0 Å². The van der Waals surface area contributed by atoms with E-state index in [1.54, 1.807) is 0 Å². The molecular formula is C5H11F2N. The monoisotopic (exact) mass is 123 g/mol. The average Bonchev–Trinajstić information content (AvgIpc) is 1.67. The maximum atomic E-state index is 11.7. The van der Waals surface area contributed by atoms with Crippen molar-refractivity contribution in [3.05, 3.63) is 0 Å². The minimum absolute atomic E-state index is 0.0324. The molecule has 0 rings (SSSR count). The van der Waals surface area contributed by atoms with E-state index in [2.05, 4.69) is 0 Å². The number of hydrogen-bond acceptors (Lipinski definition) is 1. The summed E-state index contributed by atoms with van der Waals surface area (Å²) in [6, 6.07) is 0. The molecule has 0 aromatic rings. The molecule has 0 unspecified atom stereocenters. The van der Waals surface area contributed by atoms with Crippen molar-refractivity contribution in [2.24, 2.45) is 11.1 Å². The molecule has 2 N–H and O–H groups in total. The molecule has 0 aromatic heterocycles. The van der Waals surface area contributed by atoms with Gasteiger partial charge in [0.1, 0.15) is 0 Å². The second-order valence-corrected chi connectivity index (χ2v) is 2.49. The third-order valence-corrected chi connectivity index (χ3v) is 1.12. The molecule has 0 spiro atoms. The highest BCUT2D eigenvalue weighted by molar-refractivity contribution is 4.70. The lowest BCUT2D eigenvalue weighted by Crippen LogP contribution is -2.30. The fraction of sp³-hybridized carbons (Fsp3) is 1.00. The van der Waals surface area contributed by atoms with Crippen LogP contribution >= 0.6 is 0 Å². The Kier molecular flexibility index (Phi) is 2.34. The summed E-state index contributed by atoms with van der Waals surface area (Å²) >= 11 is 0. The van der Waals surface area contributed by atoms with Crippen molar-refractivity contribution >= 4 is 0 Å².